The first-order chi connectivity index (χ1) is 9.31. The van der Waals surface area contributed by atoms with Crippen molar-refractivity contribution in [3.63, 3.8) is 0 Å². The van der Waals surface area contributed by atoms with Gasteiger partial charge >= 0.3 is 0 Å². The standard InChI is InChI=1S/C16H29N3/c1-3-8-19-11-7-16(14-19)13-17-12-15-5-9-18(4-2)10-6-15/h7,11,14-15,17H,3-6,8-10,12-13H2,1-2H3. The fraction of sp³-hybridized carbons (Fsp3) is 0.750. The Labute approximate surface area is 118 Å². The molecule has 0 radical (unpaired) electrons. The molecule has 3 heteroatoms. The molecular weight excluding hydrogens is 234 g/mol. The molecule has 0 bridgehead atoms. The number of piperidine rings is 1. The van der Waals surface area contributed by atoms with Gasteiger partial charge < -0.3 is 14.8 Å². The maximum Gasteiger partial charge on any atom is 0.0220 e. The van der Waals surface area contributed by atoms with Gasteiger partial charge in [-0.05, 0) is 63.0 Å². The van der Waals surface area contributed by atoms with Crippen LogP contribution < -0.4 is 5.32 Å². The van der Waals surface area contributed by atoms with Crippen LogP contribution in [0.4, 0.5) is 0 Å². The molecule has 1 aromatic heterocycles. The predicted molar refractivity (Wildman–Crippen MR) is 81.3 cm³/mol. The van der Waals surface area contributed by atoms with Crippen LogP contribution in [0.5, 0.6) is 0 Å². The highest BCUT2D eigenvalue weighted by Crippen LogP contribution is 2.16. The summed E-state index contributed by atoms with van der Waals surface area (Å²) in [4.78, 5) is 2.56. The maximum absolute atomic E-state index is 3.63. The lowest BCUT2D eigenvalue weighted by molar-refractivity contribution is 0.190. The smallest absolute Gasteiger partial charge is 0.0220 e. The van der Waals surface area contributed by atoms with Crippen molar-refractivity contribution in [3.8, 4) is 0 Å². The van der Waals surface area contributed by atoms with Crippen LogP contribution in [0, 0.1) is 5.92 Å². The summed E-state index contributed by atoms with van der Waals surface area (Å²) in [5.74, 6) is 0.875. The number of hydrogen-bond donors (Lipinski definition) is 1. The molecule has 2 heterocycles. The Morgan fingerprint density at radius 3 is 2.74 bits per heavy atom. The van der Waals surface area contributed by atoms with Crippen LogP contribution in [0.25, 0.3) is 0 Å². The SMILES string of the molecule is CCCn1ccc(CNCC2CCN(CC)CC2)c1. The average Bonchev–Trinajstić information content (AvgIpc) is 2.88. The average molecular weight is 263 g/mol. The minimum atomic E-state index is 0.875. The van der Waals surface area contributed by atoms with Crippen LogP contribution in [0.1, 0.15) is 38.7 Å². The number of likely N-dealkylation sites (tertiary alicyclic amines) is 1. The van der Waals surface area contributed by atoms with Crippen LogP contribution in [-0.4, -0.2) is 35.6 Å². The number of aryl methyl sites for hydroxylation is 1. The number of rotatable bonds is 7. The molecule has 1 aliphatic heterocycles. The lowest BCUT2D eigenvalue weighted by Gasteiger charge is -2.31. The van der Waals surface area contributed by atoms with Crippen molar-refractivity contribution in [2.24, 2.45) is 5.92 Å². The first kappa shape index (κ1) is 14.6. The second-order valence-electron chi connectivity index (χ2n) is 5.77. The summed E-state index contributed by atoms with van der Waals surface area (Å²) in [5, 5.41) is 3.63. The van der Waals surface area contributed by atoms with Gasteiger partial charge in [0.25, 0.3) is 0 Å². The highest BCUT2D eigenvalue weighted by molar-refractivity contribution is 5.09. The van der Waals surface area contributed by atoms with E-state index in [2.05, 4.69) is 47.1 Å². The molecule has 0 spiro atoms. The van der Waals surface area contributed by atoms with Gasteiger partial charge in [-0.2, -0.15) is 0 Å². The molecule has 19 heavy (non-hydrogen) atoms. The zero-order valence-electron chi connectivity index (χ0n) is 12.6. The topological polar surface area (TPSA) is 20.2 Å². The summed E-state index contributed by atoms with van der Waals surface area (Å²) in [6, 6.07) is 2.24. The first-order valence-corrected chi connectivity index (χ1v) is 7.89. The Morgan fingerprint density at radius 1 is 1.26 bits per heavy atom. The Balaban J connectivity index is 1.63. The van der Waals surface area contributed by atoms with Crippen molar-refractivity contribution in [3.05, 3.63) is 24.0 Å². The van der Waals surface area contributed by atoms with Gasteiger partial charge in [0, 0.05) is 25.5 Å². The predicted octanol–water partition coefficient (Wildman–Crippen LogP) is 2.72. The summed E-state index contributed by atoms with van der Waals surface area (Å²) in [6.45, 7) is 11.6. The summed E-state index contributed by atoms with van der Waals surface area (Å²) in [5.41, 5.74) is 1.42. The summed E-state index contributed by atoms with van der Waals surface area (Å²) < 4.78 is 2.29. The van der Waals surface area contributed by atoms with E-state index >= 15 is 0 Å². The Bertz CT molecular complexity index is 351. The number of aromatic nitrogens is 1. The molecule has 1 fully saturated rings. The van der Waals surface area contributed by atoms with Gasteiger partial charge in [-0.1, -0.05) is 13.8 Å². The maximum atomic E-state index is 3.63. The van der Waals surface area contributed by atoms with Gasteiger partial charge in [0.1, 0.15) is 0 Å². The second-order valence-corrected chi connectivity index (χ2v) is 5.77. The van der Waals surface area contributed by atoms with E-state index in [1.54, 1.807) is 0 Å². The molecule has 0 saturated carbocycles. The van der Waals surface area contributed by atoms with E-state index in [1.165, 1.54) is 51.0 Å². The van der Waals surface area contributed by atoms with Gasteiger partial charge in [0.15, 0.2) is 0 Å². The molecule has 108 valence electrons. The van der Waals surface area contributed by atoms with Crippen molar-refractivity contribution in [1.82, 2.24) is 14.8 Å². The zero-order valence-corrected chi connectivity index (χ0v) is 12.6. The minimum Gasteiger partial charge on any atom is -0.354 e. The van der Waals surface area contributed by atoms with Crippen molar-refractivity contribution >= 4 is 0 Å². The number of hydrogen-bond acceptors (Lipinski definition) is 2. The minimum absolute atomic E-state index is 0.875. The normalized spacial score (nSPS) is 18.0. The van der Waals surface area contributed by atoms with Gasteiger partial charge in [-0.15, -0.1) is 0 Å². The Kier molecular flexibility index (Phi) is 5.93. The molecule has 1 aromatic rings. The van der Waals surface area contributed by atoms with Gasteiger partial charge in [0.05, 0.1) is 0 Å². The van der Waals surface area contributed by atoms with Crippen LogP contribution in [-0.2, 0) is 13.1 Å². The molecule has 1 saturated heterocycles. The lowest BCUT2D eigenvalue weighted by atomic mass is 9.97. The summed E-state index contributed by atoms with van der Waals surface area (Å²) >= 11 is 0. The quantitative estimate of drug-likeness (QED) is 0.816. The molecule has 1 N–H and O–H groups in total. The third kappa shape index (κ3) is 4.66. The molecule has 0 amide bonds. The fourth-order valence-electron chi connectivity index (χ4n) is 2.92. The van der Waals surface area contributed by atoms with Gasteiger partial charge in [0.2, 0.25) is 0 Å². The van der Waals surface area contributed by atoms with Crippen molar-refractivity contribution < 1.29 is 0 Å². The largest absolute Gasteiger partial charge is 0.354 e. The zero-order chi connectivity index (χ0) is 13.5. The summed E-state index contributed by atoms with van der Waals surface area (Å²) in [6.07, 6.45) is 8.39. The third-order valence-corrected chi connectivity index (χ3v) is 4.21. The second kappa shape index (κ2) is 7.71. The highest BCUT2D eigenvalue weighted by atomic mass is 15.1. The van der Waals surface area contributed by atoms with E-state index in [1.807, 2.05) is 0 Å². The van der Waals surface area contributed by atoms with E-state index in [-0.39, 0.29) is 0 Å². The first-order valence-electron chi connectivity index (χ1n) is 7.89. The van der Waals surface area contributed by atoms with Gasteiger partial charge in [-0.3, -0.25) is 0 Å². The lowest BCUT2D eigenvalue weighted by Crippen LogP contribution is -2.36. The van der Waals surface area contributed by atoms with Gasteiger partial charge in [-0.25, -0.2) is 0 Å². The fourth-order valence-corrected chi connectivity index (χ4v) is 2.92. The van der Waals surface area contributed by atoms with E-state index in [0.717, 1.165) is 19.0 Å². The Morgan fingerprint density at radius 2 is 2.05 bits per heavy atom. The van der Waals surface area contributed by atoms with Crippen molar-refractivity contribution in [1.29, 1.82) is 0 Å². The van der Waals surface area contributed by atoms with Crippen molar-refractivity contribution in [2.75, 3.05) is 26.2 Å². The molecule has 0 atom stereocenters. The molecule has 1 aliphatic rings. The molecule has 2 rings (SSSR count). The van der Waals surface area contributed by atoms with Crippen LogP contribution >= 0.6 is 0 Å². The van der Waals surface area contributed by atoms with Crippen LogP contribution in [0.2, 0.25) is 0 Å². The highest BCUT2D eigenvalue weighted by Gasteiger charge is 2.17. The molecular formula is C16H29N3. The third-order valence-electron chi connectivity index (χ3n) is 4.21. The Hall–Kier alpha value is -0.800. The molecule has 0 aliphatic carbocycles. The molecule has 0 aromatic carbocycles. The van der Waals surface area contributed by atoms with Crippen molar-refractivity contribution in [2.45, 2.75) is 46.2 Å². The monoisotopic (exact) mass is 263 g/mol. The number of nitrogens with zero attached hydrogens (tertiary/aromatic N) is 2. The van der Waals surface area contributed by atoms with E-state index < -0.39 is 0 Å². The molecule has 3 nitrogen and oxygen atoms in total. The molecule has 0 unspecified atom stereocenters. The van der Waals surface area contributed by atoms with Crippen LogP contribution in [0.15, 0.2) is 18.5 Å². The summed E-state index contributed by atoms with van der Waals surface area (Å²) in [7, 11) is 0. The van der Waals surface area contributed by atoms with E-state index in [0.29, 0.717) is 0 Å². The number of nitrogens with one attached hydrogen (secondary N) is 1. The van der Waals surface area contributed by atoms with Crippen LogP contribution in [0.3, 0.4) is 0 Å². The van der Waals surface area contributed by atoms with E-state index in [9.17, 15) is 0 Å². The van der Waals surface area contributed by atoms with E-state index in [4.69, 9.17) is 0 Å².